The average molecular weight is 436 g/mol. The van der Waals surface area contributed by atoms with Gasteiger partial charge < -0.3 is 9.47 Å². The molecule has 30 heavy (non-hydrogen) atoms. The molecule has 0 radical (unpaired) electrons. The maximum atomic E-state index is 14.4. The zero-order valence-corrected chi connectivity index (χ0v) is 16.0. The molecule has 2 unspecified atom stereocenters. The van der Waals surface area contributed by atoms with E-state index < -0.39 is 52.6 Å². The summed E-state index contributed by atoms with van der Waals surface area (Å²) in [6, 6.07) is 1.76. The van der Waals surface area contributed by atoms with Crippen LogP contribution in [0.25, 0.3) is 0 Å². The predicted molar refractivity (Wildman–Crippen MR) is 93.5 cm³/mol. The van der Waals surface area contributed by atoms with Gasteiger partial charge in [-0.15, -0.1) is 0 Å². The van der Waals surface area contributed by atoms with Gasteiger partial charge in [0.05, 0.1) is 12.7 Å². The summed E-state index contributed by atoms with van der Waals surface area (Å²) in [5, 5.41) is 0. The van der Waals surface area contributed by atoms with Gasteiger partial charge >= 0.3 is 6.11 Å². The van der Waals surface area contributed by atoms with E-state index in [4.69, 9.17) is 4.74 Å². The quantitative estimate of drug-likeness (QED) is 0.367. The summed E-state index contributed by atoms with van der Waals surface area (Å²) in [6.45, 7) is 2.44. The van der Waals surface area contributed by atoms with E-state index in [1.807, 2.05) is 6.92 Å². The van der Waals surface area contributed by atoms with E-state index in [0.29, 0.717) is 18.9 Å². The summed E-state index contributed by atoms with van der Waals surface area (Å²) in [6.07, 6.45) is -2.03. The van der Waals surface area contributed by atoms with E-state index in [-0.39, 0.29) is 17.7 Å². The van der Waals surface area contributed by atoms with Gasteiger partial charge in [0.25, 0.3) is 0 Å². The van der Waals surface area contributed by atoms with Crippen LogP contribution in [0.3, 0.4) is 0 Å². The molecule has 1 aliphatic rings. The van der Waals surface area contributed by atoms with Crippen LogP contribution in [0.15, 0.2) is 24.3 Å². The Morgan fingerprint density at radius 3 is 2.03 bits per heavy atom. The lowest BCUT2D eigenvalue weighted by Crippen LogP contribution is -2.26. The van der Waals surface area contributed by atoms with Crippen molar-refractivity contribution < 1.29 is 40.2 Å². The maximum absolute atomic E-state index is 14.4. The fourth-order valence-corrected chi connectivity index (χ4v) is 3.55. The summed E-state index contributed by atoms with van der Waals surface area (Å²) >= 11 is 0. The van der Waals surface area contributed by atoms with Crippen molar-refractivity contribution in [2.75, 3.05) is 6.61 Å². The smallest absolute Gasteiger partial charge is 0.429 e. The number of rotatable bonds is 6. The van der Waals surface area contributed by atoms with Gasteiger partial charge in [0, 0.05) is 12.1 Å². The molecular formula is C21H19F7O2. The van der Waals surface area contributed by atoms with Crippen molar-refractivity contribution in [1.29, 1.82) is 0 Å². The zero-order chi connectivity index (χ0) is 22.1. The highest BCUT2D eigenvalue weighted by atomic mass is 19.3. The van der Waals surface area contributed by atoms with E-state index in [0.717, 1.165) is 31.4 Å². The molecule has 0 spiro atoms. The number of benzene rings is 2. The summed E-state index contributed by atoms with van der Waals surface area (Å²) < 4.78 is 107. The number of halogens is 7. The molecule has 2 atom stereocenters. The van der Waals surface area contributed by atoms with Crippen molar-refractivity contribution in [3.8, 4) is 5.75 Å². The number of alkyl halides is 2. The van der Waals surface area contributed by atoms with Gasteiger partial charge in [-0.3, -0.25) is 0 Å². The minimum Gasteiger partial charge on any atom is -0.429 e. The minimum absolute atomic E-state index is 0.0679. The molecule has 0 bridgehead atoms. The highest BCUT2D eigenvalue weighted by Gasteiger charge is 2.42. The average Bonchev–Trinajstić information content (AvgIpc) is 2.65. The molecule has 1 saturated heterocycles. The van der Waals surface area contributed by atoms with E-state index in [2.05, 4.69) is 4.74 Å². The van der Waals surface area contributed by atoms with Crippen molar-refractivity contribution in [2.24, 2.45) is 5.92 Å². The van der Waals surface area contributed by atoms with Crippen LogP contribution in [-0.2, 0) is 10.8 Å². The Labute approximate surface area is 168 Å². The lowest BCUT2D eigenvalue weighted by Gasteiger charge is -2.29. The first-order valence-corrected chi connectivity index (χ1v) is 9.44. The Kier molecular flexibility index (Phi) is 6.59. The molecule has 0 aliphatic carbocycles. The number of hydrogen-bond donors (Lipinski definition) is 0. The first-order chi connectivity index (χ1) is 14.1. The van der Waals surface area contributed by atoms with Gasteiger partial charge in [0.15, 0.2) is 17.5 Å². The van der Waals surface area contributed by atoms with Crippen molar-refractivity contribution in [1.82, 2.24) is 0 Å². The van der Waals surface area contributed by atoms with Crippen LogP contribution in [0.5, 0.6) is 5.75 Å². The third-order valence-corrected chi connectivity index (χ3v) is 5.00. The molecule has 0 N–H and O–H groups in total. The van der Waals surface area contributed by atoms with Crippen LogP contribution in [-0.4, -0.2) is 6.61 Å². The van der Waals surface area contributed by atoms with Gasteiger partial charge in [-0.1, -0.05) is 13.3 Å². The van der Waals surface area contributed by atoms with Crippen LogP contribution in [0.2, 0.25) is 0 Å². The van der Waals surface area contributed by atoms with E-state index in [1.165, 1.54) is 0 Å². The summed E-state index contributed by atoms with van der Waals surface area (Å²) in [7, 11) is 0. The molecule has 2 aromatic carbocycles. The second-order valence-corrected chi connectivity index (χ2v) is 7.23. The van der Waals surface area contributed by atoms with Crippen LogP contribution < -0.4 is 4.74 Å². The SMILES string of the molecule is CCCC1CCC(c2cc(F)c(C(F)(F)Oc3cc(F)c(F)c(F)c3)c(F)c2)OC1. The van der Waals surface area contributed by atoms with Crippen LogP contribution in [0, 0.1) is 35.0 Å². The lowest BCUT2D eigenvalue weighted by molar-refractivity contribution is -0.189. The second kappa shape index (κ2) is 8.83. The van der Waals surface area contributed by atoms with Gasteiger partial charge in [-0.05, 0) is 42.9 Å². The molecule has 9 heteroatoms. The monoisotopic (exact) mass is 436 g/mol. The number of hydrogen-bond acceptors (Lipinski definition) is 2. The maximum Gasteiger partial charge on any atom is 0.432 e. The predicted octanol–water partition coefficient (Wildman–Crippen LogP) is 6.78. The molecule has 164 valence electrons. The third kappa shape index (κ3) is 4.71. The largest absolute Gasteiger partial charge is 0.432 e. The summed E-state index contributed by atoms with van der Waals surface area (Å²) in [5.41, 5.74) is -1.66. The number of ether oxygens (including phenoxy) is 2. The fraction of sp³-hybridized carbons (Fsp3) is 0.429. The van der Waals surface area contributed by atoms with Crippen molar-refractivity contribution >= 4 is 0 Å². The van der Waals surface area contributed by atoms with Crippen LogP contribution in [0.4, 0.5) is 30.7 Å². The van der Waals surface area contributed by atoms with E-state index in [9.17, 15) is 30.7 Å². The first-order valence-electron chi connectivity index (χ1n) is 9.44. The Morgan fingerprint density at radius 2 is 1.53 bits per heavy atom. The molecular weight excluding hydrogens is 417 g/mol. The van der Waals surface area contributed by atoms with Gasteiger partial charge in [0.1, 0.15) is 22.9 Å². The van der Waals surface area contributed by atoms with Gasteiger partial charge in [-0.25, -0.2) is 22.0 Å². The highest BCUT2D eigenvalue weighted by Crippen LogP contribution is 2.39. The lowest BCUT2D eigenvalue weighted by atomic mass is 9.91. The molecule has 0 amide bonds. The van der Waals surface area contributed by atoms with Crippen molar-refractivity contribution in [2.45, 2.75) is 44.8 Å². The minimum atomic E-state index is -4.61. The summed E-state index contributed by atoms with van der Waals surface area (Å²) in [5.74, 6) is -9.44. The molecule has 1 aliphatic heterocycles. The third-order valence-electron chi connectivity index (χ3n) is 5.00. The molecule has 1 heterocycles. The van der Waals surface area contributed by atoms with Crippen LogP contribution in [0.1, 0.15) is 49.8 Å². The van der Waals surface area contributed by atoms with Gasteiger partial charge in [0.2, 0.25) is 0 Å². The normalized spacial score (nSPS) is 19.7. The van der Waals surface area contributed by atoms with Crippen LogP contribution >= 0.6 is 0 Å². The molecule has 0 saturated carbocycles. The molecule has 3 rings (SSSR count). The Bertz CT molecular complexity index is 862. The first kappa shape index (κ1) is 22.4. The summed E-state index contributed by atoms with van der Waals surface area (Å²) in [4.78, 5) is 0. The highest BCUT2D eigenvalue weighted by molar-refractivity contribution is 5.32. The second-order valence-electron chi connectivity index (χ2n) is 7.23. The topological polar surface area (TPSA) is 18.5 Å². The zero-order valence-electron chi connectivity index (χ0n) is 16.0. The molecule has 2 nitrogen and oxygen atoms in total. The van der Waals surface area contributed by atoms with E-state index >= 15 is 0 Å². The molecule has 1 fully saturated rings. The Morgan fingerprint density at radius 1 is 0.933 bits per heavy atom. The van der Waals surface area contributed by atoms with Crippen molar-refractivity contribution in [3.63, 3.8) is 0 Å². The van der Waals surface area contributed by atoms with Gasteiger partial charge in [-0.2, -0.15) is 8.78 Å². The molecule has 2 aromatic rings. The fourth-order valence-electron chi connectivity index (χ4n) is 3.55. The van der Waals surface area contributed by atoms with E-state index in [1.54, 1.807) is 0 Å². The standard InChI is InChI=1S/C21H19F7O2/c1-2-3-11-4-5-18(29-10-11)12-6-14(22)19(15(23)7-12)21(27,28)30-13-8-16(24)20(26)17(25)9-13/h6-9,11,18H,2-5,10H2,1H3. The van der Waals surface area contributed by atoms with Crippen molar-refractivity contribution in [3.05, 3.63) is 64.5 Å². The molecule has 0 aromatic heterocycles. The Hall–Kier alpha value is -2.29. The Balaban J connectivity index is 1.82.